The molecule has 0 bridgehead atoms. The van der Waals surface area contributed by atoms with Crippen molar-refractivity contribution in [1.29, 1.82) is 0 Å². The summed E-state index contributed by atoms with van der Waals surface area (Å²) in [6.07, 6.45) is 11.7. The first-order valence-corrected chi connectivity index (χ1v) is 23.9. The molecule has 3 aromatic rings. The number of nitrogens with zero attached hydrogens (tertiary/aromatic N) is 3. The van der Waals surface area contributed by atoms with Gasteiger partial charge in [-0.25, -0.2) is 0 Å². The maximum absolute atomic E-state index is 11.7. The summed E-state index contributed by atoms with van der Waals surface area (Å²) in [4.78, 5) is 50.1. The summed E-state index contributed by atoms with van der Waals surface area (Å²) in [5.74, 6) is 0.348. The van der Waals surface area contributed by atoms with Crippen molar-refractivity contribution in [2.24, 2.45) is 0 Å². The third-order valence-electron chi connectivity index (χ3n) is 9.58. The molecule has 6 rings (SSSR count). The summed E-state index contributed by atoms with van der Waals surface area (Å²) in [6.45, 7) is 13.1. The topological polar surface area (TPSA) is 99.6 Å². The third kappa shape index (κ3) is 17.4. The van der Waals surface area contributed by atoms with Crippen LogP contribution < -0.4 is 14.7 Å². The van der Waals surface area contributed by atoms with E-state index < -0.39 is 8.60 Å². The fourth-order valence-corrected chi connectivity index (χ4v) is 7.89. The zero-order chi connectivity index (χ0) is 40.7. The lowest BCUT2D eigenvalue weighted by atomic mass is 10.1. The lowest BCUT2D eigenvalue weighted by molar-refractivity contribution is 0.100. The summed E-state index contributed by atoms with van der Waals surface area (Å²) >= 11 is 9.64. The van der Waals surface area contributed by atoms with E-state index in [1.807, 2.05) is 62.4 Å². The van der Waals surface area contributed by atoms with Crippen molar-refractivity contribution in [3.05, 3.63) is 89.5 Å². The van der Waals surface area contributed by atoms with Crippen LogP contribution in [-0.4, -0.2) is 83.8 Å². The molecule has 1 N–H and O–H groups in total. The Kier molecular flexibility index (Phi) is 23.7. The van der Waals surface area contributed by atoms with Crippen molar-refractivity contribution in [3.63, 3.8) is 0 Å². The van der Waals surface area contributed by atoms with Crippen LogP contribution in [-0.2, 0) is 9.05 Å². The van der Waals surface area contributed by atoms with Crippen molar-refractivity contribution in [2.75, 3.05) is 72.5 Å². The minimum atomic E-state index is -1.58. The fourth-order valence-electron chi connectivity index (χ4n) is 6.52. The Hall–Kier alpha value is -2.18. The van der Waals surface area contributed by atoms with Gasteiger partial charge in [-0.3, -0.25) is 14.4 Å². The highest BCUT2D eigenvalue weighted by atomic mass is 79.9. The van der Waals surface area contributed by atoms with Gasteiger partial charge < -0.3 is 28.6 Å². The predicted octanol–water partition coefficient (Wildman–Crippen LogP) is 11.4. The Morgan fingerprint density at radius 1 is 0.589 bits per heavy atom. The van der Waals surface area contributed by atoms with Crippen LogP contribution in [0.5, 0.6) is 0 Å². The minimum Gasteiger partial charge on any atom is -0.372 e. The van der Waals surface area contributed by atoms with Crippen molar-refractivity contribution in [1.82, 2.24) is 0 Å². The predicted molar refractivity (Wildman–Crippen MR) is 244 cm³/mol. The smallest absolute Gasteiger partial charge is 0.329 e. The molecule has 3 aromatic carbocycles. The fraction of sp³-hybridized carbons (Fsp3) is 0.512. The molecule has 0 unspecified atom stereocenters. The van der Waals surface area contributed by atoms with Gasteiger partial charge in [0.1, 0.15) is 3.74 Å². The monoisotopic (exact) mass is 981 g/mol. The normalized spacial score (nSPS) is 15.5. The van der Waals surface area contributed by atoms with Gasteiger partial charge in [-0.15, -0.1) is 0 Å². The van der Waals surface area contributed by atoms with E-state index in [-0.39, 0.29) is 21.1 Å². The second kappa shape index (κ2) is 27.5. The maximum Gasteiger partial charge on any atom is 0.329 e. The summed E-state index contributed by atoms with van der Waals surface area (Å²) in [6, 6.07) is 23.8. The van der Waals surface area contributed by atoms with Crippen LogP contribution in [0, 0.1) is 0 Å². The van der Waals surface area contributed by atoms with Crippen molar-refractivity contribution in [3.8, 4) is 0 Å². The highest BCUT2D eigenvalue weighted by molar-refractivity contribution is 9.25. The van der Waals surface area contributed by atoms with E-state index in [9.17, 15) is 14.4 Å². The quantitative estimate of drug-likeness (QED) is 0.108. The van der Waals surface area contributed by atoms with Crippen LogP contribution in [0.2, 0.25) is 0 Å². The van der Waals surface area contributed by atoms with Crippen LogP contribution >= 0.6 is 56.4 Å². The molecule has 308 valence electrons. The first-order chi connectivity index (χ1) is 27.1. The van der Waals surface area contributed by atoms with Gasteiger partial charge in [-0.2, -0.15) is 0 Å². The molecule has 3 fully saturated rings. The molecule has 0 spiro atoms. The van der Waals surface area contributed by atoms with E-state index in [0.29, 0.717) is 18.5 Å². The molecule has 3 aliphatic heterocycles. The Balaban J connectivity index is 0.000000206. The number of piperidine rings is 3. The molecule has 0 amide bonds. The average Bonchev–Trinajstić information content (AvgIpc) is 3.25. The standard InChI is InChI=1S/C13H15Br2NO.C13H16BrNO.C13H17NO.C4H11O3P/c14-13(15)12(17)10-4-6-11(7-5-10)16-8-2-1-3-9-16;14-10-13(16)11-4-6-12(7-5-11)15-8-2-1-3-9-15;1-11(15)12-5-7-13(8-6-12)14-9-3-2-4-10-14;1-3-6-8(5)7-4-2/h4-7,13H,1-3,8-9H2;4-7H,1-3,8-10H2;5-8H,2-4,9-10H2,1H3;5H,3-4H2,1-2H3. The number of halogens is 3. The van der Waals surface area contributed by atoms with Crippen LogP contribution in [0.4, 0.5) is 17.1 Å². The van der Waals surface area contributed by atoms with E-state index in [1.165, 1.54) is 74.8 Å². The number of anilines is 3. The summed E-state index contributed by atoms with van der Waals surface area (Å²) < 4.78 is 9.07. The van der Waals surface area contributed by atoms with Gasteiger partial charge in [0.05, 0.1) is 18.5 Å². The number of carbonyl (C=O) groups excluding carboxylic acids is 3. The molecular weight excluding hydrogens is 925 g/mol. The van der Waals surface area contributed by atoms with Crippen molar-refractivity contribution >= 4 is 90.8 Å². The Bertz CT molecular complexity index is 1560. The molecule has 3 aliphatic rings. The zero-order valence-electron chi connectivity index (χ0n) is 33.1. The Morgan fingerprint density at radius 2 is 0.911 bits per heavy atom. The van der Waals surface area contributed by atoms with Crippen molar-refractivity contribution in [2.45, 2.75) is 82.3 Å². The molecule has 0 aliphatic carbocycles. The molecule has 3 heterocycles. The molecular formula is C43H59Br3N3O6P. The lowest BCUT2D eigenvalue weighted by Gasteiger charge is -2.28. The number of Topliss-reactive ketones (excluding diaryl/α,β-unsaturated/α-hetero) is 3. The zero-order valence-corrected chi connectivity index (χ0v) is 38.8. The number of hydrogen-bond acceptors (Lipinski definition) is 9. The van der Waals surface area contributed by atoms with Gasteiger partial charge in [0.25, 0.3) is 0 Å². The van der Waals surface area contributed by atoms with Gasteiger partial charge >= 0.3 is 8.60 Å². The van der Waals surface area contributed by atoms with Crippen LogP contribution in [0.15, 0.2) is 72.8 Å². The molecule has 0 radical (unpaired) electrons. The first-order valence-electron chi connectivity index (χ1n) is 19.8. The molecule has 56 heavy (non-hydrogen) atoms. The summed E-state index contributed by atoms with van der Waals surface area (Å²) in [5, 5.41) is 0.399. The van der Waals surface area contributed by atoms with Gasteiger partial charge in [-0.1, -0.05) is 47.8 Å². The van der Waals surface area contributed by atoms with Crippen molar-refractivity contribution < 1.29 is 28.3 Å². The van der Waals surface area contributed by atoms with E-state index >= 15 is 0 Å². The maximum atomic E-state index is 11.7. The number of carbonyl (C=O) groups is 3. The minimum absolute atomic E-state index is 0.0650. The molecule has 0 atom stereocenters. The van der Waals surface area contributed by atoms with Gasteiger partial charge in [0.2, 0.25) is 0 Å². The number of hydrogen-bond donors (Lipinski definition) is 1. The van der Waals surface area contributed by atoms with Crippen LogP contribution in [0.1, 0.15) is 110 Å². The Labute approximate surface area is 361 Å². The number of rotatable bonds is 12. The number of alkyl halides is 3. The van der Waals surface area contributed by atoms with Gasteiger partial charge in [0.15, 0.2) is 17.3 Å². The Morgan fingerprint density at radius 3 is 1.20 bits per heavy atom. The SMILES string of the molecule is CC(=O)c1ccc(N2CCCCC2)cc1.CCOP(O)OCC.O=C(CBr)c1ccc(N2CCCCC2)cc1.O=C(c1ccc(N2CCCCC2)cc1)C(Br)Br. The third-order valence-corrected chi connectivity index (χ3v) is 11.9. The van der Waals surface area contributed by atoms with Gasteiger partial charge in [-0.05, 0) is 151 Å². The second-order valence-electron chi connectivity index (χ2n) is 13.6. The first kappa shape index (κ1) is 48.2. The highest BCUT2D eigenvalue weighted by Crippen LogP contribution is 2.31. The molecule has 0 aromatic heterocycles. The lowest BCUT2D eigenvalue weighted by Crippen LogP contribution is -2.29. The summed E-state index contributed by atoms with van der Waals surface area (Å²) in [7, 11) is -1.58. The molecule has 0 saturated carbocycles. The largest absolute Gasteiger partial charge is 0.372 e. The summed E-state index contributed by atoms with van der Waals surface area (Å²) in [5.41, 5.74) is 6.05. The highest BCUT2D eigenvalue weighted by Gasteiger charge is 2.16. The van der Waals surface area contributed by atoms with Crippen LogP contribution in [0.3, 0.4) is 0 Å². The van der Waals surface area contributed by atoms with E-state index in [4.69, 9.17) is 4.89 Å². The van der Waals surface area contributed by atoms with E-state index in [1.54, 1.807) is 6.92 Å². The molecule has 13 heteroatoms. The number of ketones is 3. The second-order valence-corrected chi connectivity index (χ2v) is 18.2. The molecule has 9 nitrogen and oxygen atoms in total. The van der Waals surface area contributed by atoms with Crippen LogP contribution in [0.25, 0.3) is 0 Å². The van der Waals surface area contributed by atoms with Gasteiger partial charge in [0, 0.05) is 73.0 Å². The molecule has 3 saturated heterocycles. The van der Waals surface area contributed by atoms with E-state index in [0.717, 1.165) is 56.0 Å². The number of benzene rings is 3. The average molecular weight is 985 g/mol. The van der Waals surface area contributed by atoms with E-state index in [2.05, 4.69) is 95.8 Å².